The highest BCUT2D eigenvalue weighted by Gasteiger charge is 2.43. The van der Waals surface area contributed by atoms with Crippen LogP contribution < -0.4 is 0 Å². The van der Waals surface area contributed by atoms with Gasteiger partial charge in [0, 0.05) is 6.54 Å². The SMILES string of the molecule is CC(C)(C)[Si](C)(C)OC1CCCN1C(c1ccccc1)c1ccccc1. The molecule has 0 aromatic heterocycles. The van der Waals surface area contributed by atoms with Crippen molar-refractivity contribution in [2.24, 2.45) is 0 Å². The molecule has 26 heavy (non-hydrogen) atoms. The average Bonchev–Trinajstić information content (AvgIpc) is 3.03. The fraction of sp³-hybridized carbons (Fsp3) is 0.478. The Morgan fingerprint density at radius 3 is 1.88 bits per heavy atom. The van der Waals surface area contributed by atoms with Crippen molar-refractivity contribution in [2.75, 3.05) is 6.54 Å². The molecule has 1 aliphatic rings. The van der Waals surface area contributed by atoms with E-state index in [-0.39, 0.29) is 17.3 Å². The maximum absolute atomic E-state index is 6.86. The van der Waals surface area contributed by atoms with E-state index in [0.717, 1.165) is 13.0 Å². The van der Waals surface area contributed by atoms with Gasteiger partial charge in [0.2, 0.25) is 0 Å². The number of nitrogens with zero attached hydrogens (tertiary/aromatic N) is 1. The highest BCUT2D eigenvalue weighted by molar-refractivity contribution is 6.74. The third-order valence-electron chi connectivity index (χ3n) is 6.04. The van der Waals surface area contributed by atoms with Crippen molar-refractivity contribution in [3.05, 3.63) is 71.8 Å². The third kappa shape index (κ3) is 4.11. The lowest BCUT2D eigenvalue weighted by atomic mass is 9.97. The van der Waals surface area contributed by atoms with E-state index in [1.165, 1.54) is 17.5 Å². The summed E-state index contributed by atoms with van der Waals surface area (Å²) >= 11 is 0. The van der Waals surface area contributed by atoms with Crippen molar-refractivity contribution in [3.8, 4) is 0 Å². The molecule has 0 bridgehead atoms. The summed E-state index contributed by atoms with van der Waals surface area (Å²) < 4.78 is 6.86. The van der Waals surface area contributed by atoms with E-state index in [2.05, 4.69) is 99.4 Å². The predicted molar refractivity (Wildman–Crippen MR) is 113 cm³/mol. The van der Waals surface area contributed by atoms with Crippen molar-refractivity contribution in [1.29, 1.82) is 0 Å². The minimum Gasteiger partial charge on any atom is -0.401 e. The minimum atomic E-state index is -1.80. The number of benzene rings is 2. The smallest absolute Gasteiger partial charge is 0.194 e. The Kier molecular flexibility index (Phi) is 5.71. The Hall–Kier alpha value is -1.42. The molecule has 3 heteroatoms. The van der Waals surface area contributed by atoms with Crippen LogP contribution in [0.15, 0.2) is 60.7 Å². The number of rotatable bonds is 5. The van der Waals surface area contributed by atoms with Crippen molar-refractivity contribution in [2.45, 2.75) is 64.0 Å². The number of hydrogen-bond acceptors (Lipinski definition) is 2. The van der Waals surface area contributed by atoms with Crippen LogP contribution in [0.2, 0.25) is 18.1 Å². The summed E-state index contributed by atoms with van der Waals surface area (Å²) in [6.07, 6.45) is 2.54. The molecule has 0 N–H and O–H groups in total. The zero-order valence-corrected chi connectivity index (χ0v) is 17.9. The van der Waals surface area contributed by atoms with E-state index in [0.29, 0.717) is 0 Å². The zero-order valence-electron chi connectivity index (χ0n) is 16.9. The maximum Gasteiger partial charge on any atom is 0.194 e. The van der Waals surface area contributed by atoms with Crippen molar-refractivity contribution in [3.63, 3.8) is 0 Å². The molecule has 1 fully saturated rings. The van der Waals surface area contributed by atoms with Crippen molar-refractivity contribution in [1.82, 2.24) is 4.90 Å². The van der Waals surface area contributed by atoms with Crippen LogP contribution in [0, 0.1) is 0 Å². The fourth-order valence-electron chi connectivity index (χ4n) is 3.54. The van der Waals surface area contributed by atoms with Gasteiger partial charge >= 0.3 is 0 Å². The van der Waals surface area contributed by atoms with Crippen LogP contribution in [0.25, 0.3) is 0 Å². The molecule has 0 amide bonds. The summed E-state index contributed by atoms with van der Waals surface area (Å²) in [5.41, 5.74) is 2.70. The lowest BCUT2D eigenvalue weighted by molar-refractivity contribution is 0.0280. The molecule has 1 saturated heterocycles. The van der Waals surface area contributed by atoms with E-state index in [1.807, 2.05) is 0 Å². The molecule has 3 rings (SSSR count). The highest BCUT2D eigenvalue weighted by Crippen LogP contribution is 2.41. The van der Waals surface area contributed by atoms with Gasteiger partial charge in [-0.25, -0.2) is 0 Å². The van der Waals surface area contributed by atoms with Crippen LogP contribution >= 0.6 is 0 Å². The van der Waals surface area contributed by atoms with Gasteiger partial charge in [-0.1, -0.05) is 81.4 Å². The van der Waals surface area contributed by atoms with Crippen LogP contribution in [0.5, 0.6) is 0 Å². The molecule has 2 aromatic rings. The largest absolute Gasteiger partial charge is 0.401 e. The lowest BCUT2D eigenvalue weighted by Crippen LogP contribution is -2.48. The van der Waals surface area contributed by atoms with Gasteiger partial charge in [-0.05, 0) is 42.1 Å². The molecule has 0 radical (unpaired) electrons. The molecule has 1 heterocycles. The number of hydrogen-bond donors (Lipinski definition) is 0. The van der Waals surface area contributed by atoms with Gasteiger partial charge in [-0.15, -0.1) is 0 Å². The molecular weight excluding hydrogens is 334 g/mol. The molecule has 0 saturated carbocycles. The Labute approximate surface area is 160 Å². The molecule has 2 aromatic carbocycles. The molecule has 0 spiro atoms. The standard InChI is InChI=1S/C23H33NOSi/c1-23(2,3)26(4,5)25-21-17-12-18-24(21)22(19-13-8-6-9-14-19)20-15-10-7-11-16-20/h6-11,13-16,21-22H,12,17-18H2,1-5H3. The van der Waals surface area contributed by atoms with Gasteiger partial charge in [-0.3, -0.25) is 4.90 Å². The van der Waals surface area contributed by atoms with Gasteiger partial charge in [-0.2, -0.15) is 0 Å². The second kappa shape index (κ2) is 7.67. The monoisotopic (exact) mass is 367 g/mol. The molecule has 1 atom stereocenters. The molecule has 1 aliphatic heterocycles. The predicted octanol–water partition coefficient (Wildman–Crippen LogP) is 6.22. The molecular formula is C23H33NOSi. The normalized spacial score (nSPS) is 19.2. The summed E-state index contributed by atoms with van der Waals surface area (Å²) in [6, 6.07) is 22.0. The minimum absolute atomic E-state index is 0.210. The average molecular weight is 368 g/mol. The number of likely N-dealkylation sites (tertiary alicyclic amines) is 1. The molecule has 2 nitrogen and oxygen atoms in total. The summed E-state index contributed by atoms with van der Waals surface area (Å²) in [5, 5.41) is 0.232. The van der Waals surface area contributed by atoms with Gasteiger partial charge in [0.1, 0.15) is 6.23 Å². The van der Waals surface area contributed by atoms with Crippen LogP contribution in [0.1, 0.15) is 50.8 Å². The van der Waals surface area contributed by atoms with Gasteiger partial charge in [0.25, 0.3) is 0 Å². The Morgan fingerprint density at radius 1 is 0.923 bits per heavy atom. The van der Waals surface area contributed by atoms with E-state index in [9.17, 15) is 0 Å². The van der Waals surface area contributed by atoms with Crippen LogP contribution in [0.3, 0.4) is 0 Å². The summed E-state index contributed by atoms with van der Waals surface area (Å²) in [7, 11) is -1.80. The van der Waals surface area contributed by atoms with E-state index < -0.39 is 8.32 Å². The first-order valence-electron chi connectivity index (χ1n) is 9.83. The van der Waals surface area contributed by atoms with Gasteiger partial charge < -0.3 is 4.43 Å². The first-order chi connectivity index (χ1) is 12.3. The zero-order chi connectivity index (χ0) is 18.8. The van der Waals surface area contributed by atoms with E-state index >= 15 is 0 Å². The summed E-state index contributed by atoms with van der Waals surface area (Å²) in [4.78, 5) is 2.59. The summed E-state index contributed by atoms with van der Waals surface area (Å²) in [6.45, 7) is 12.8. The Bertz CT molecular complexity index is 654. The molecule has 140 valence electrons. The quantitative estimate of drug-likeness (QED) is 0.582. The molecule has 0 aliphatic carbocycles. The Morgan fingerprint density at radius 2 is 1.42 bits per heavy atom. The van der Waals surface area contributed by atoms with Crippen LogP contribution in [0.4, 0.5) is 0 Å². The second-order valence-corrected chi connectivity index (χ2v) is 13.7. The van der Waals surface area contributed by atoms with Crippen LogP contribution in [-0.2, 0) is 4.43 Å². The fourth-order valence-corrected chi connectivity index (χ4v) is 4.83. The van der Waals surface area contributed by atoms with Gasteiger partial charge in [0.05, 0.1) is 6.04 Å². The summed E-state index contributed by atoms with van der Waals surface area (Å²) in [5.74, 6) is 0. The first-order valence-corrected chi connectivity index (χ1v) is 12.7. The molecule has 1 unspecified atom stereocenters. The van der Waals surface area contributed by atoms with Crippen molar-refractivity contribution >= 4 is 8.32 Å². The topological polar surface area (TPSA) is 12.5 Å². The highest BCUT2D eigenvalue weighted by atomic mass is 28.4. The Balaban J connectivity index is 1.93. The van der Waals surface area contributed by atoms with E-state index in [1.54, 1.807) is 0 Å². The van der Waals surface area contributed by atoms with Gasteiger partial charge in [0.15, 0.2) is 8.32 Å². The van der Waals surface area contributed by atoms with E-state index in [4.69, 9.17) is 4.43 Å². The van der Waals surface area contributed by atoms with Crippen LogP contribution in [-0.4, -0.2) is 26.0 Å². The lowest BCUT2D eigenvalue weighted by Gasteiger charge is -2.42. The van der Waals surface area contributed by atoms with Crippen molar-refractivity contribution < 1.29 is 4.43 Å². The third-order valence-corrected chi connectivity index (χ3v) is 10.5. The second-order valence-electron chi connectivity index (χ2n) is 8.94. The maximum atomic E-state index is 6.86. The first kappa shape index (κ1) is 19.3.